The molecule has 0 aromatic heterocycles. The molecular weight excluding hydrogens is 254 g/mol. The van der Waals surface area contributed by atoms with Gasteiger partial charge in [-0.15, -0.1) is 12.6 Å². The predicted octanol–water partition coefficient (Wildman–Crippen LogP) is 3.89. The Morgan fingerprint density at radius 1 is 1.41 bits per heavy atom. The van der Waals surface area contributed by atoms with Crippen molar-refractivity contribution in [2.24, 2.45) is 0 Å². The van der Waals surface area contributed by atoms with Crippen LogP contribution < -0.4 is 0 Å². The molecule has 0 heterocycles. The lowest BCUT2D eigenvalue weighted by Crippen LogP contribution is -2.36. The number of nitrogens with zero attached hydrogens (tertiary/aromatic N) is 1. The van der Waals surface area contributed by atoms with Gasteiger partial charge in [-0.25, -0.2) is 0 Å². The molecule has 0 N–H and O–H groups in total. The fourth-order valence-corrected chi connectivity index (χ4v) is 2.27. The van der Waals surface area contributed by atoms with Gasteiger partial charge in [0.25, 0.3) is 5.91 Å². The molecule has 0 aliphatic carbocycles. The van der Waals surface area contributed by atoms with Gasteiger partial charge in [-0.1, -0.05) is 25.4 Å². The first kappa shape index (κ1) is 14.4. The smallest absolute Gasteiger partial charge is 0.255 e. The summed E-state index contributed by atoms with van der Waals surface area (Å²) in [4.78, 5) is 14.8. The molecule has 2 nitrogen and oxygen atoms in total. The van der Waals surface area contributed by atoms with E-state index < -0.39 is 0 Å². The molecule has 94 valence electrons. The van der Waals surface area contributed by atoms with Gasteiger partial charge in [0.15, 0.2) is 0 Å². The van der Waals surface area contributed by atoms with Crippen LogP contribution in [0.2, 0.25) is 5.02 Å². The molecule has 1 rings (SSSR count). The van der Waals surface area contributed by atoms with Crippen molar-refractivity contribution in [3.8, 4) is 0 Å². The zero-order valence-electron chi connectivity index (χ0n) is 10.4. The highest BCUT2D eigenvalue weighted by Gasteiger charge is 2.20. The minimum atomic E-state index is -0.0420. The summed E-state index contributed by atoms with van der Waals surface area (Å²) in [7, 11) is 1.82. The number of halogens is 1. The van der Waals surface area contributed by atoms with E-state index in [-0.39, 0.29) is 11.9 Å². The van der Waals surface area contributed by atoms with Gasteiger partial charge in [0.2, 0.25) is 0 Å². The predicted molar refractivity (Wildman–Crippen MR) is 75.2 cm³/mol. The second-order valence-electron chi connectivity index (χ2n) is 4.05. The van der Waals surface area contributed by atoms with Crippen LogP contribution in [0.25, 0.3) is 0 Å². The van der Waals surface area contributed by atoms with Gasteiger partial charge in [0, 0.05) is 18.0 Å². The number of amides is 1. The molecule has 1 aromatic carbocycles. The molecule has 17 heavy (non-hydrogen) atoms. The summed E-state index contributed by atoms with van der Waals surface area (Å²) < 4.78 is 0. The van der Waals surface area contributed by atoms with Crippen molar-refractivity contribution < 1.29 is 4.79 Å². The molecule has 0 unspecified atom stereocenters. The Morgan fingerprint density at radius 2 is 2.00 bits per heavy atom. The number of carbonyl (C=O) groups is 1. The molecule has 0 aliphatic rings. The molecule has 0 radical (unpaired) electrons. The van der Waals surface area contributed by atoms with E-state index in [4.69, 9.17) is 11.6 Å². The van der Waals surface area contributed by atoms with E-state index in [0.29, 0.717) is 10.6 Å². The topological polar surface area (TPSA) is 20.3 Å². The minimum absolute atomic E-state index is 0.0420. The molecule has 0 fully saturated rings. The average molecular weight is 272 g/mol. The fourth-order valence-electron chi connectivity index (χ4n) is 1.87. The maximum absolute atomic E-state index is 12.3. The second-order valence-corrected chi connectivity index (χ2v) is 4.97. The van der Waals surface area contributed by atoms with Gasteiger partial charge in [0.1, 0.15) is 0 Å². The lowest BCUT2D eigenvalue weighted by atomic mass is 10.1. The average Bonchev–Trinajstić information content (AvgIpc) is 2.32. The molecule has 0 saturated heterocycles. The fraction of sp³-hybridized carbons (Fsp3) is 0.462. The maximum atomic E-state index is 12.3. The molecule has 0 atom stereocenters. The first-order valence-electron chi connectivity index (χ1n) is 5.76. The molecule has 4 heteroatoms. The highest BCUT2D eigenvalue weighted by Crippen LogP contribution is 2.22. The van der Waals surface area contributed by atoms with Gasteiger partial charge < -0.3 is 4.90 Å². The quantitative estimate of drug-likeness (QED) is 0.824. The van der Waals surface area contributed by atoms with Crippen molar-refractivity contribution in [1.82, 2.24) is 4.90 Å². The van der Waals surface area contributed by atoms with Crippen LogP contribution in [-0.4, -0.2) is 23.9 Å². The Balaban J connectivity index is 2.99. The Hall–Kier alpha value is -0.670. The van der Waals surface area contributed by atoms with E-state index in [2.05, 4.69) is 26.5 Å². The van der Waals surface area contributed by atoms with E-state index in [0.717, 1.165) is 17.7 Å². The number of thiol groups is 1. The van der Waals surface area contributed by atoms with Crippen LogP contribution >= 0.6 is 24.2 Å². The largest absolute Gasteiger partial charge is 0.339 e. The molecule has 0 spiro atoms. The zero-order valence-corrected chi connectivity index (χ0v) is 12.1. The van der Waals surface area contributed by atoms with E-state index in [1.807, 2.05) is 7.05 Å². The van der Waals surface area contributed by atoms with Gasteiger partial charge in [-0.3, -0.25) is 4.79 Å². The summed E-state index contributed by atoms with van der Waals surface area (Å²) in [5.41, 5.74) is 0.522. The Bertz CT molecular complexity index is 404. The molecule has 1 amide bonds. The number of rotatable bonds is 4. The van der Waals surface area contributed by atoms with Crippen LogP contribution in [0.15, 0.2) is 23.1 Å². The third kappa shape index (κ3) is 3.39. The maximum Gasteiger partial charge on any atom is 0.255 e. The summed E-state index contributed by atoms with van der Waals surface area (Å²) in [6.07, 6.45) is 1.88. The third-order valence-electron chi connectivity index (χ3n) is 2.99. The number of carbonyl (C=O) groups excluding carboxylic acids is 1. The van der Waals surface area contributed by atoms with Gasteiger partial charge in [0.05, 0.1) is 10.6 Å². The monoisotopic (exact) mass is 271 g/mol. The van der Waals surface area contributed by atoms with Gasteiger partial charge >= 0.3 is 0 Å². The van der Waals surface area contributed by atoms with Crippen molar-refractivity contribution in [1.29, 1.82) is 0 Å². The molecular formula is C13H18ClNOS. The number of hydrogen-bond donors (Lipinski definition) is 1. The van der Waals surface area contributed by atoms with Crippen molar-refractivity contribution >= 4 is 30.1 Å². The van der Waals surface area contributed by atoms with Crippen molar-refractivity contribution in [2.45, 2.75) is 37.6 Å². The Morgan fingerprint density at radius 3 is 2.53 bits per heavy atom. The van der Waals surface area contributed by atoms with Crippen LogP contribution in [0.3, 0.4) is 0 Å². The standard InChI is InChI=1S/C13H18ClNOS/c1-4-9(5-2)15(3)13(16)11-8-10(17)6-7-12(11)14/h6-9,17H,4-5H2,1-3H3. The van der Waals surface area contributed by atoms with Crippen LogP contribution in [0.1, 0.15) is 37.0 Å². The summed E-state index contributed by atoms with van der Waals surface area (Å²) in [5, 5.41) is 0.477. The van der Waals surface area contributed by atoms with E-state index in [9.17, 15) is 4.79 Å². The van der Waals surface area contributed by atoms with E-state index in [1.54, 1.807) is 23.1 Å². The second kappa shape index (κ2) is 6.31. The van der Waals surface area contributed by atoms with E-state index in [1.165, 1.54) is 0 Å². The molecule has 0 aliphatic heterocycles. The third-order valence-corrected chi connectivity index (χ3v) is 3.60. The summed E-state index contributed by atoms with van der Waals surface area (Å²) >= 11 is 10.3. The molecule has 0 bridgehead atoms. The normalized spacial score (nSPS) is 10.7. The lowest BCUT2D eigenvalue weighted by molar-refractivity contribution is 0.0723. The SMILES string of the molecule is CCC(CC)N(C)C(=O)c1cc(S)ccc1Cl. The van der Waals surface area contributed by atoms with E-state index >= 15 is 0 Å². The van der Waals surface area contributed by atoms with Gasteiger partial charge in [-0.2, -0.15) is 0 Å². The lowest BCUT2D eigenvalue weighted by Gasteiger charge is -2.26. The zero-order chi connectivity index (χ0) is 13.0. The highest BCUT2D eigenvalue weighted by molar-refractivity contribution is 7.80. The Kier molecular flexibility index (Phi) is 5.34. The number of hydrogen-bond acceptors (Lipinski definition) is 2. The highest BCUT2D eigenvalue weighted by atomic mass is 35.5. The minimum Gasteiger partial charge on any atom is -0.339 e. The number of benzene rings is 1. The van der Waals surface area contributed by atoms with Gasteiger partial charge in [-0.05, 0) is 31.0 Å². The van der Waals surface area contributed by atoms with Crippen LogP contribution in [0.4, 0.5) is 0 Å². The van der Waals surface area contributed by atoms with Crippen molar-refractivity contribution in [2.75, 3.05) is 7.05 Å². The van der Waals surface area contributed by atoms with Crippen molar-refractivity contribution in [3.63, 3.8) is 0 Å². The molecule has 1 aromatic rings. The van der Waals surface area contributed by atoms with Crippen LogP contribution in [0, 0.1) is 0 Å². The van der Waals surface area contributed by atoms with Crippen LogP contribution in [-0.2, 0) is 0 Å². The first-order chi connectivity index (χ1) is 8.01. The summed E-state index contributed by atoms with van der Waals surface area (Å²) in [5.74, 6) is -0.0420. The van der Waals surface area contributed by atoms with Crippen LogP contribution in [0.5, 0.6) is 0 Å². The molecule has 0 saturated carbocycles. The first-order valence-corrected chi connectivity index (χ1v) is 6.59. The summed E-state index contributed by atoms with van der Waals surface area (Å²) in [6.45, 7) is 4.16. The Labute approximate surface area is 113 Å². The summed E-state index contributed by atoms with van der Waals surface area (Å²) in [6, 6.07) is 5.45. The van der Waals surface area contributed by atoms with Crippen molar-refractivity contribution in [3.05, 3.63) is 28.8 Å².